The maximum Gasteiger partial charge on any atom is 0.416 e. The Bertz CT molecular complexity index is 872. The van der Waals surface area contributed by atoms with E-state index < -0.39 is 27.0 Å². The highest BCUT2D eigenvalue weighted by atomic mass is 127. The summed E-state index contributed by atoms with van der Waals surface area (Å²) in [5, 5.41) is 6.28. The Hall–Kier alpha value is -1.08. The Balaban J connectivity index is 0.00000341. The minimum atomic E-state index is -4.41. The van der Waals surface area contributed by atoms with Crippen molar-refractivity contribution in [2.24, 2.45) is 4.99 Å². The number of guanidine groups is 1. The second-order valence-corrected chi connectivity index (χ2v) is 10.1. The van der Waals surface area contributed by atoms with E-state index in [0.717, 1.165) is 6.07 Å². The van der Waals surface area contributed by atoms with Crippen molar-refractivity contribution in [2.45, 2.75) is 43.8 Å². The molecule has 11 heteroatoms. The molecular formula is C20H29F3IN3O3S. The summed E-state index contributed by atoms with van der Waals surface area (Å²) in [4.78, 5) is 4.65. The van der Waals surface area contributed by atoms with E-state index in [0.29, 0.717) is 50.5 Å². The van der Waals surface area contributed by atoms with Crippen LogP contribution in [-0.4, -0.2) is 58.2 Å². The molecule has 0 aromatic heterocycles. The van der Waals surface area contributed by atoms with E-state index in [1.165, 1.54) is 12.1 Å². The number of alkyl halides is 3. The Kier molecular flexibility index (Phi) is 9.03. The van der Waals surface area contributed by atoms with Gasteiger partial charge in [-0.1, -0.05) is 18.2 Å². The zero-order chi connectivity index (χ0) is 21.8. The molecule has 0 amide bonds. The number of hydrogen-bond donors (Lipinski definition) is 2. The highest BCUT2D eigenvalue weighted by Gasteiger charge is 2.37. The number of benzene rings is 1. The number of rotatable bonds is 5. The number of nitrogens with zero attached hydrogens (tertiary/aromatic N) is 1. The van der Waals surface area contributed by atoms with Gasteiger partial charge in [0.25, 0.3) is 0 Å². The first-order chi connectivity index (χ1) is 14.1. The number of nitrogens with one attached hydrogen (secondary N) is 2. The van der Waals surface area contributed by atoms with Crippen molar-refractivity contribution in [1.82, 2.24) is 10.6 Å². The summed E-state index contributed by atoms with van der Waals surface area (Å²) < 4.78 is 68.6. The average molecular weight is 575 g/mol. The molecule has 31 heavy (non-hydrogen) atoms. The van der Waals surface area contributed by atoms with E-state index in [9.17, 15) is 21.6 Å². The minimum absolute atomic E-state index is 0. The molecule has 2 aliphatic heterocycles. The highest BCUT2D eigenvalue weighted by molar-refractivity contribution is 14.0. The van der Waals surface area contributed by atoms with Gasteiger partial charge in [-0.15, -0.1) is 24.0 Å². The number of sulfone groups is 1. The van der Waals surface area contributed by atoms with Crippen molar-refractivity contribution in [3.63, 3.8) is 0 Å². The molecule has 0 spiro atoms. The molecule has 2 N–H and O–H groups in total. The van der Waals surface area contributed by atoms with Crippen LogP contribution in [0.2, 0.25) is 0 Å². The lowest BCUT2D eigenvalue weighted by molar-refractivity contribution is -0.137. The lowest BCUT2D eigenvalue weighted by Crippen LogP contribution is -2.45. The molecule has 176 valence electrons. The number of aliphatic imine (C=N–C) groups is 1. The molecule has 0 bridgehead atoms. The maximum absolute atomic E-state index is 13.2. The zero-order valence-corrected chi connectivity index (χ0v) is 20.5. The lowest BCUT2D eigenvalue weighted by atomic mass is 9.74. The Morgan fingerprint density at radius 1 is 1.29 bits per heavy atom. The van der Waals surface area contributed by atoms with Crippen LogP contribution >= 0.6 is 24.0 Å². The summed E-state index contributed by atoms with van der Waals surface area (Å²) in [6.07, 6.45) is -2.76. The van der Waals surface area contributed by atoms with Crippen LogP contribution in [0, 0.1) is 0 Å². The van der Waals surface area contributed by atoms with Gasteiger partial charge in [-0.05, 0) is 37.8 Å². The molecule has 2 saturated heterocycles. The third kappa shape index (κ3) is 6.95. The lowest BCUT2D eigenvalue weighted by Gasteiger charge is -2.37. The predicted molar refractivity (Wildman–Crippen MR) is 125 cm³/mol. The molecule has 0 saturated carbocycles. The van der Waals surface area contributed by atoms with E-state index in [1.54, 1.807) is 6.07 Å². The molecule has 0 radical (unpaired) electrons. The SMILES string of the molecule is CCNC(=NCC1(c2cccc(C(F)(F)F)c2)CCOCC1)NC1CCS(=O)(=O)C1.I. The topological polar surface area (TPSA) is 79.8 Å². The summed E-state index contributed by atoms with van der Waals surface area (Å²) in [5.74, 6) is 0.692. The minimum Gasteiger partial charge on any atom is -0.381 e. The molecule has 2 heterocycles. The van der Waals surface area contributed by atoms with Crippen LogP contribution in [0.15, 0.2) is 29.3 Å². The third-order valence-corrected chi connectivity index (χ3v) is 7.48. The van der Waals surface area contributed by atoms with Gasteiger partial charge in [0.2, 0.25) is 0 Å². The summed E-state index contributed by atoms with van der Waals surface area (Å²) in [6, 6.07) is 5.23. The van der Waals surface area contributed by atoms with Gasteiger partial charge in [-0.3, -0.25) is 4.99 Å². The van der Waals surface area contributed by atoms with Gasteiger partial charge in [0.05, 0.1) is 23.6 Å². The van der Waals surface area contributed by atoms with Crippen molar-refractivity contribution < 1.29 is 26.3 Å². The normalized spacial score (nSPS) is 23.1. The van der Waals surface area contributed by atoms with Crippen LogP contribution in [0.3, 0.4) is 0 Å². The molecule has 3 rings (SSSR count). The van der Waals surface area contributed by atoms with Gasteiger partial charge >= 0.3 is 6.18 Å². The fraction of sp³-hybridized carbons (Fsp3) is 0.650. The fourth-order valence-corrected chi connectivity index (χ4v) is 5.65. The molecule has 1 atom stereocenters. The Morgan fingerprint density at radius 3 is 2.58 bits per heavy atom. The highest BCUT2D eigenvalue weighted by Crippen LogP contribution is 2.38. The molecule has 2 aliphatic rings. The van der Waals surface area contributed by atoms with Gasteiger partial charge in [0.15, 0.2) is 15.8 Å². The molecule has 2 fully saturated rings. The monoisotopic (exact) mass is 575 g/mol. The second-order valence-electron chi connectivity index (χ2n) is 7.91. The first-order valence-electron chi connectivity index (χ1n) is 10.1. The summed E-state index contributed by atoms with van der Waals surface area (Å²) >= 11 is 0. The van der Waals surface area contributed by atoms with Gasteiger partial charge < -0.3 is 15.4 Å². The van der Waals surface area contributed by atoms with E-state index >= 15 is 0 Å². The molecule has 0 aliphatic carbocycles. The van der Waals surface area contributed by atoms with E-state index in [2.05, 4.69) is 15.6 Å². The largest absolute Gasteiger partial charge is 0.416 e. The van der Waals surface area contributed by atoms with Crippen molar-refractivity contribution in [2.75, 3.05) is 37.8 Å². The molecular weight excluding hydrogens is 546 g/mol. The smallest absolute Gasteiger partial charge is 0.381 e. The first-order valence-corrected chi connectivity index (χ1v) is 12.0. The predicted octanol–water partition coefficient (Wildman–Crippen LogP) is 3.11. The number of hydrogen-bond acceptors (Lipinski definition) is 4. The van der Waals surface area contributed by atoms with Crippen LogP contribution in [0.1, 0.15) is 37.3 Å². The zero-order valence-electron chi connectivity index (χ0n) is 17.4. The van der Waals surface area contributed by atoms with Gasteiger partial charge in [-0.2, -0.15) is 13.2 Å². The van der Waals surface area contributed by atoms with Gasteiger partial charge in [-0.25, -0.2) is 8.42 Å². The van der Waals surface area contributed by atoms with E-state index in [4.69, 9.17) is 4.74 Å². The standard InChI is InChI=1S/C20H28F3N3O3S.HI/c1-2-24-18(26-17-6-11-30(27,28)13-17)25-14-19(7-9-29-10-8-19)15-4-3-5-16(12-15)20(21,22)23;/h3-5,12,17H,2,6-11,13-14H2,1H3,(H2,24,25,26);1H. The Labute approximate surface area is 198 Å². The second kappa shape index (κ2) is 10.7. The van der Waals surface area contributed by atoms with Crippen LogP contribution < -0.4 is 10.6 Å². The van der Waals surface area contributed by atoms with Crippen LogP contribution in [-0.2, 0) is 26.2 Å². The maximum atomic E-state index is 13.2. The average Bonchev–Trinajstić information content (AvgIpc) is 3.05. The molecule has 1 unspecified atom stereocenters. The van der Waals surface area contributed by atoms with Crippen molar-refractivity contribution in [1.29, 1.82) is 0 Å². The summed E-state index contributed by atoms with van der Waals surface area (Å²) in [5.41, 5.74) is -0.636. The van der Waals surface area contributed by atoms with Crippen molar-refractivity contribution in [3.8, 4) is 0 Å². The summed E-state index contributed by atoms with van der Waals surface area (Å²) in [7, 11) is -3.03. The number of halogens is 4. The van der Waals surface area contributed by atoms with Gasteiger partial charge in [0, 0.05) is 31.2 Å². The van der Waals surface area contributed by atoms with Crippen molar-refractivity contribution in [3.05, 3.63) is 35.4 Å². The number of ether oxygens (including phenoxy) is 1. The molecule has 6 nitrogen and oxygen atoms in total. The third-order valence-electron chi connectivity index (χ3n) is 5.71. The van der Waals surface area contributed by atoms with E-state index in [1.807, 2.05) is 6.92 Å². The van der Waals surface area contributed by atoms with Crippen LogP contribution in [0.5, 0.6) is 0 Å². The quantitative estimate of drug-likeness (QED) is 0.321. The van der Waals surface area contributed by atoms with Crippen LogP contribution in [0.25, 0.3) is 0 Å². The van der Waals surface area contributed by atoms with E-state index in [-0.39, 0.29) is 48.1 Å². The first kappa shape index (κ1) is 26.2. The van der Waals surface area contributed by atoms with Crippen molar-refractivity contribution >= 4 is 39.8 Å². The van der Waals surface area contributed by atoms with Gasteiger partial charge in [0.1, 0.15) is 0 Å². The Morgan fingerprint density at radius 2 is 2.00 bits per heavy atom. The fourth-order valence-electron chi connectivity index (χ4n) is 3.98. The summed E-state index contributed by atoms with van der Waals surface area (Å²) in [6.45, 7) is 3.68. The molecule has 1 aromatic rings. The molecule has 1 aromatic carbocycles. The van der Waals surface area contributed by atoms with Crippen LogP contribution in [0.4, 0.5) is 13.2 Å².